The highest BCUT2D eigenvalue weighted by Gasteiger charge is 2.38. The first-order chi connectivity index (χ1) is 11.3. The third-order valence-corrected chi connectivity index (χ3v) is 6.12. The lowest BCUT2D eigenvalue weighted by molar-refractivity contribution is 0.290. The zero-order chi connectivity index (χ0) is 15.4. The highest BCUT2D eigenvalue weighted by Crippen LogP contribution is 2.42. The molecule has 1 saturated carbocycles. The summed E-state index contributed by atoms with van der Waals surface area (Å²) >= 11 is 0. The van der Waals surface area contributed by atoms with Crippen LogP contribution in [0.25, 0.3) is 5.70 Å². The summed E-state index contributed by atoms with van der Waals surface area (Å²) in [7, 11) is 2.23. The van der Waals surface area contributed by atoms with E-state index < -0.39 is 0 Å². The standard InChI is InChI=1S/C20H25N3/c1-22-11-12-23-10-9-21-18-17-13-15(14-5-3-2-4-6-14)7-8-16(17)19(22)20(18)23/h7-8,13-14H,2-6,9-12H2,1H3. The Bertz CT molecular complexity index is 710. The summed E-state index contributed by atoms with van der Waals surface area (Å²) in [4.78, 5) is 9.91. The molecule has 23 heavy (non-hydrogen) atoms. The molecule has 0 amide bonds. The first-order valence-corrected chi connectivity index (χ1v) is 9.23. The summed E-state index contributed by atoms with van der Waals surface area (Å²) in [6.07, 6.45) is 6.94. The smallest absolute Gasteiger partial charge is 0.0909 e. The fourth-order valence-corrected chi connectivity index (χ4v) is 4.87. The summed E-state index contributed by atoms with van der Waals surface area (Å²) in [6.45, 7) is 4.29. The molecule has 0 aromatic heterocycles. The van der Waals surface area contributed by atoms with Crippen molar-refractivity contribution in [3.8, 4) is 0 Å². The van der Waals surface area contributed by atoms with Crippen molar-refractivity contribution in [1.29, 1.82) is 0 Å². The van der Waals surface area contributed by atoms with Gasteiger partial charge in [0.25, 0.3) is 0 Å². The van der Waals surface area contributed by atoms with Gasteiger partial charge in [0.1, 0.15) is 0 Å². The molecule has 0 saturated heterocycles. The van der Waals surface area contributed by atoms with Gasteiger partial charge in [-0.3, -0.25) is 4.99 Å². The van der Waals surface area contributed by atoms with Crippen LogP contribution in [0.15, 0.2) is 28.9 Å². The molecule has 1 fully saturated rings. The van der Waals surface area contributed by atoms with Gasteiger partial charge < -0.3 is 9.80 Å². The number of aliphatic imine (C=N–C) groups is 1. The lowest BCUT2D eigenvalue weighted by atomic mass is 9.83. The SMILES string of the molecule is CN1CCN2CCN=C3C2=C1c1ccc(C2CCCCC2)cc13. The van der Waals surface area contributed by atoms with Gasteiger partial charge in [0.05, 0.1) is 23.7 Å². The van der Waals surface area contributed by atoms with Crippen LogP contribution in [0.2, 0.25) is 0 Å². The number of nitrogens with zero attached hydrogens (tertiary/aromatic N) is 3. The van der Waals surface area contributed by atoms with Crippen molar-refractivity contribution >= 4 is 11.4 Å². The van der Waals surface area contributed by atoms with Gasteiger partial charge in [-0.2, -0.15) is 0 Å². The van der Waals surface area contributed by atoms with Gasteiger partial charge in [-0.1, -0.05) is 31.4 Å². The molecular weight excluding hydrogens is 282 g/mol. The highest BCUT2D eigenvalue weighted by molar-refractivity contribution is 6.23. The Hall–Kier alpha value is -1.77. The summed E-state index contributed by atoms with van der Waals surface area (Å²) in [5.41, 5.74) is 8.45. The number of hydrogen-bond acceptors (Lipinski definition) is 3. The number of likely N-dealkylation sites (N-methyl/N-ethyl adjacent to an activating group) is 1. The first kappa shape index (κ1) is 13.6. The Labute approximate surface area is 138 Å². The van der Waals surface area contributed by atoms with E-state index in [4.69, 9.17) is 4.99 Å². The Balaban J connectivity index is 1.61. The minimum atomic E-state index is 0.768. The number of fused-ring (bicyclic) bond motifs is 3. The van der Waals surface area contributed by atoms with Crippen molar-refractivity contribution in [2.45, 2.75) is 38.0 Å². The summed E-state index contributed by atoms with van der Waals surface area (Å²) in [6, 6.07) is 7.25. The fourth-order valence-electron chi connectivity index (χ4n) is 4.87. The second-order valence-electron chi connectivity index (χ2n) is 7.48. The molecular formula is C20H25N3. The van der Waals surface area contributed by atoms with Crippen LogP contribution in [0.4, 0.5) is 0 Å². The molecule has 120 valence electrons. The van der Waals surface area contributed by atoms with Crippen molar-refractivity contribution in [3.05, 3.63) is 40.6 Å². The van der Waals surface area contributed by atoms with E-state index in [0.29, 0.717) is 0 Å². The second-order valence-corrected chi connectivity index (χ2v) is 7.48. The van der Waals surface area contributed by atoms with Crippen LogP contribution in [-0.4, -0.2) is 48.7 Å². The average Bonchev–Trinajstić information content (AvgIpc) is 2.95. The van der Waals surface area contributed by atoms with Crippen molar-refractivity contribution in [2.24, 2.45) is 4.99 Å². The van der Waals surface area contributed by atoms with Gasteiger partial charge in [-0.25, -0.2) is 0 Å². The number of allylic oxidation sites excluding steroid dienone is 1. The second kappa shape index (κ2) is 5.12. The number of benzene rings is 1. The number of hydrogen-bond donors (Lipinski definition) is 0. The molecule has 0 bridgehead atoms. The first-order valence-electron chi connectivity index (χ1n) is 9.23. The maximum atomic E-state index is 4.93. The molecule has 2 aliphatic carbocycles. The van der Waals surface area contributed by atoms with Gasteiger partial charge in [0, 0.05) is 37.8 Å². The third kappa shape index (κ3) is 1.98. The molecule has 0 spiro atoms. The molecule has 0 N–H and O–H groups in total. The molecule has 1 aromatic carbocycles. The van der Waals surface area contributed by atoms with E-state index in [0.717, 1.165) is 32.1 Å². The molecule has 0 radical (unpaired) electrons. The van der Waals surface area contributed by atoms with Crippen LogP contribution >= 0.6 is 0 Å². The average molecular weight is 307 g/mol. The fraction of sp³-hybridized carbons (Fsp3) is 0.550. The molecule has 0 atom stereocenters. The third-order valence-electron chi connectivity index (χ3n) is 6.12. The normalized spacial score (nSPS) is 23.8. The molecule has 1 aromatic rings. The molecule has 3 nitrogen and oxygen atoms in total. The zero-order valence-electron chi connectivity index (χ0n) is 14.0. The van der Waals surface area contributed by atoms with Crippen molar-refractivity contribution in [3.63, 3.8) is 0 Å². The van der Waals surface area contributed by atoms with Crippen LogP contribution in [0, 0.1) is 0 Å². The lowest BCUT2D eigenvalue weighted by Crippen LogP contribution is -2.43. The predicted molar refractivity (Wildman–Crippen MR) is 94.8 cm³/mol. The summed E-state index contributed by atoms with van der Waals surface area (Å²) < 4.78 is 0. The Kier molecular flexibility index (Phi) is 3.04. The van der Waals surface area contributed by atoms with Crippen LogP contribution in [0.1, 0.15) is 54.7 Å². The maximum absolute atomic E-state index is 4.93. The largest absolute Gasteiger partial charge is 0.371 e. The highest BCUT2D eigenvalue weighted by atomic mass is 15.3. The number of rotatable bonds is 1. The molecule has 4 aliphatic rings. The van der Waals surface area contributed by atoms with E-state index in [-0.39, 0.29) is 0 Å². The lowest BCUT2D eigenvalue weighted by Gasteiger charge is -2.38. The Morgan fingerprint density at radius 1 is 0.957 bits per heavy atom. The zero-order valence-corrected chi connectivity index (χ0v) is 14.0. The van der Waals surface area contributed by atoms with Crippen LogP contribution in [0.5, 0.6) is 0 Å². The van der Waals surface area contributed by atoms with Gasteiger partial charge in [0.15, 0.2) is 0 Å². The molecule has 2 heterocycles. The van der Waals surface area contributed by atoms with Gasteiger partial charge in [-0.15, -0.1) is 0 Å². The van der Waals surface area contributed by atoms with Crippen molar-refractivity contribution < 1.29 is 0 Å². The van der Waals surface area contributed by atoms with E-state index >= 15 is 0 Å². The topological polar surface area (TPSA) is 18.8 Å². The molecule has 2 aliphatic heterocycles. The quantitative estimate of drug-likeness (QED) is 0.791. The van der Waals surface area contributed by atoms with E-state index in [1.807, 2.05) is 0 Å². The van der Waals surface area contributed by atoms with E-state index in [1.54, 1.807) is 5.56 Å². The van der Waals surface area contributed by atoms with Crippen LogP contribution < -0.4 is 0 Å². The van der Waals surface area contributed by atoms with E-state index in [9.17, 15) is 0 Å². The maximum Gasteiger partial charge on any atom is 0.0909 e. The van der Waals surface area contributed by atoms with Gasteiger partial charge in [0.2, 0.25) is 0 Å². The summed E-state index contributed by atoms with van der Waals surface area (Å²) in [5.74, 6) is 0.768. The van der Waals surface area contributed by atoms with Gasteiger partial charge in [-0.05, 0) is 30.4 Å². The minimum Gasteiger partial charge on any atom is -0.371 e. The van der Waals surface area contributed by atoms with Crippen molar-refractivity contribution in [2.75, 3.05) is 33.2 Å². The minimum absolute atomic E-state index is 0.768. The molecule has 0 unspecified atom stereocenters. The summed E-state index contributed by atoms with van der Waals surface area (Å²) in [5, 5.41) is 0. The monoisotopic (exact) mass is 307 g/mol. The van der Waals surface area contributed by atoms with Crippen LogP contribution in [-0.2, 0) is 0 Å². The molecule has 3 heteroatoms. The molecule has 5 rings (SSSR count). The van der Waals surface area contributed by atoms with Crippen molar-refractivity contribution in [1.82, 2.24) is 9.80 Å². The van der Waals surface area contributed by atoms with E-state index in [2.05, 4.69) is 35.0 Å². The Morgan fingerprint density at radius 3 is 2.70 bits per heavy atom. The van der Waals surface area contributed by atoms with E-state index in [1.165, 1.54) is 60.3 Å². The predicted octanol–water partition coefficient (Wildman–Crippen LogP) is 3.47. The Morgan fingerprint density at radius 2 is 1.83 bits per heavy atom. The van der Waals surface area contributed by atoms with Crippen LogP contribution in [0.3, 0.4) is 0 Å². The van der Waals surface area contributed by atoms with Gasteiger partial charge >= 0.3 is 0 Å².